The van der Waals surface area contributed by atoms with Gasteiger partial charge in [-0.3, -0.25) is 4.79 Å². The van der Waals surface area contributed by atoms with Crippen LogP contribution in [0.25, 0.3) is 0 Å². The molecule has 1 amide bonds. The summed E-state index contributed by atoms with van der Waals surface area (Å²) in [5.74, 6) is -0.706. The molecule has 124 valence electrons. The Morgan fingerprint density at radius 2 is 1.87 bits per heavy atom. The second-order valence-corrected chi connectivity index (χ2v) is 5.77. The lowest BCUT2D eigenvalue weighted by molar-refractivity contribution is -0.153. The predicted molar refractivity (Wildman–Crippen MR) is 80.9 cm³/mol. The van der Waals surface area contributed by atoms with Gasteiger partial charge in [0.1, 0.15) is 6.04 Å². The number of amides is 1. The summed E-state index contributed by atoms with van der Waals surface area (Å²) in [6, 6.07) is 0.839. The Morgan fingerprint density at radius 3 is 2.52 bits per heavy atom. The molecule has 8 nitrogen and oxygen atoms in total. The maximum absolute atomic E-state index is 12.7. The molecule has 2 saturated heterocycles. The number of hydrogen-bond donors (Lipinski definition) is 1. The zero-order chi connectivity index (χ0) is 16.2. The van der Waals surface area contributed by atoms with Crippen molar-refractivity contribution in [3.63, 3.8) is 0 Å². The van der Waals surface area contributed by atoms with E-state index in [0.29, 0.717) is 45.1 Å². The van der Waals surface area contributed by atoms with Gasteiger partial charge < -0.3 is 19.6 Å². The quantitative estimate of drug-likeness (QED) is 0.837. The van der Waals surface area contributed by atoms with Crippen LogP contribution in [0.3, 0.4) is 0 Å². The van der Waals surface area contributed by atoms with Crippen LogP contribution in [0.1, 0.15) is 12.8 Å². The maximum atomic E-state index is 12.7. The van der Waals surface area contributed by atoms with Crippen molar-refractivity contribution in [1.82, 2.24) is 14.9 Å². The lowest BCUT2D eigenvalue weighted by atomic mass is 9.97. The molecule has 0 aromatic carbocycles. The SMILES string of the molecule is O=C(O)C1CN(c2ncccn2)CCN1C(=O)C1CCOCC1. The minimum atomic E-state index is -0.994. The predicted octanol–water partition coefficient (Wildman–Crippen LogP) is 0.00500. The van der Waals surface area contributed by atoms with Crippen LogP contribution in [0.2, 0.25) is 0 Å². The number of carboxylic acids is 1. The van der Waals surface area contributed by atoms with Crippen LogP contribution in [0.15, 0.2) is 18.5 Å². The van der Waals surface area contributed by atoms with E-state index >= 15 is 0 Å². The number of aromatic nitrogens is 2. The van der Waals surface area contributed by atoms with Crippen LogP contribution in [0.5, 0.6) is 0 Å². The van der Waals surface area contributed by atoms with Crippen LogP contribution in [-0.4, -0.2) is 70.7 Å². The van der Waals surface area contributed by atoms with E-state index in [2.05, 4.69) is 9.97 Å². The number of ether oxygens (including phenoxy) is 1. The second-order valence-electron chi connectivity index (χ2n) is 5.77. The number of hydrogen-bond acceptors (Lipinski definition) is 6. The van der Waals surface area contributed by atoms with E-state index in [1.54, 1.807) is 18.5 Å². The molecule has 1 unspecified atom stereocenters. The molecule has 0 radical (unpaired) electrons. The van der Waals surface area contributed by atoms with Crippen molar-refractivity contribution in [2.45, 2.75) is 18.9 Å². The third kappa shape index (κ3) is 3.42. The number of nitrogens with zero attached hydrogens (tertiary/aromatic N) is 4. The summed E-state index contributed by atoms with van der Waals surface area (Å²) < 4.78 is 5.27. The first kappa shape index (κ1) is 15.7. The number of carboxylic acid groups (broad SMARTS) is 1. The van der Waals surface area contributed by atoms with E-state index in [-0.39, 0.29) is 18.4 Å². The monoisotopic (exact) mass is 320 g/mol. The van der Waals surface area contributed by atoms with Gasteiger partial charge in [-0.2, -0.15) is 0 Å². The van der Waals surface area contributed by atoms with Crippen LogP contribution in [0.4, 0.5) is 5.95 Å². The summed E-state index contributed by atoms with van der Waals surface area (Å²) in [6.07, 6.45) is 4.57. The standard InChI is InChI=1S/C15H20N4O4/c20-13(11-2-8-23-9-3-11)19-7-6-18(10-12(19)14(21)22)15-16-4-1-5-17-15/h1,4-5,11-12H,2-3,6-10H2,(H,21,22). The van der Waals surface area contributed by atoms with E-state index < -0.39 is 12.0 Å². The Balaban J connectivity index is 1.72. The fraction of sp³-hybridized carbons (Fsp3) is 0.600. The summed E-state index contributed by atoms with van der Waals surface area (Å²) in [7, 11) is 0. The minimum absolute atomic E-state index is 0.0747. The van der Waals surface area contributed by atoms with Crippen molar-refractivity contribution in [3.8, 4) is 0 Å². The third-order valence-corrected chi connectivity index (χ3v) is 4.35. The average Bonchev–Trinajstić information content (AvgIpc) is 2.62. The Kier molecular flexibility index (Phi) is 4.71. The highest BCUT2D eigenvalue weighted by Gasteiger charge is 2.38. The van der Waals surface area contributed by atoms with Crippen molar-refractivity contribution in [2.24, 2.45) is 5.92 Å². The Hall–Kier alpha value is -2.22. The number of rotatable bonds is 3. The molecular weight excluding hydrogens is 300 g/mol. The molecule has 8 heteroatoms. The maximum Gasteiger partial charge on any atom is 0.328 e. The first-order valence-corrected chi connectivity index (χ1v) is 7.80. The smallest absolute Gasteiger partial charge is 0.328 e. The fourth-order valence-corrected chi connectivity index (χ4v) is 3.07. The van der Waals surface area contributed by atoms with E-state index in [1.165, 1.54) is 4.90 Å². The summed E-state index contributed by atoms with van der Waals surface area (Å²) in [5, 5.41) is 9.53. The number of anilines is 1. The molecular formula is C15H20N4O4. The number of carbonyl (C=O) groups excluding carboxylic acids is 1. The van der Waals surface area contributed by atoms with Crippen LogP contribution in [-0.2, 0) is 14.3 Å². The van der Waals surface area contributed by atoms with Gasteiger partial charge in [0.25, 0.3) is 0 Å². The normalized spacial score (nSPS) is 22.9. The third-order valence-electron chi connectivity index (χ3n) is 4.35. The zero-order valence-electron chi connectivity index (χ0n) is 12.8. The summed E-state index contributed by atoms with van der Waals surface area (Å²) in [4.78, 5) is 35.9. The molecule has 1 aromatic heterocycles. The van der Waals surface area contributed by atoms with Gasteiger partial charge in [0.2, 0.25) is 11.9 Å². The average molecular weight is 320 g/mol. The first-order chi connectivity index (χ1) is 11.2. The Labute approximate surface area is 134 Å². The van der Waals surface area contributed by atoms with Crippen molar-refractivity contribution in [3.05, 3.63) is 18.5 Å². The first-order valence-electron chi connectivity index (χ1n) is 7.80. The summed E-state index contributed by atoms with van der Waals surface area (Å²) in [6.45, 7) is 2.22. The van der Waals surface area contributed by atoms with Gasteiger partial charge in [-0.05, 0) is 18.9 Å². The minimum Gasteiger partial charge on any atom is -0.480 e. The van der Waals surface area contributed by atoms with E-state index in [0.717, 1.165) is 0 Å². The fourth-order valence-electron chi connectivity index (χ4n) is 3.07. The van der Waals surface area contributed by atoms with E-state index in [9.17, 15) is 14.7 Å². The van der Waals surface area contributed by atoms with Crippen LogP contribution in [0, 0.1) is 5.92 Å². The molecule has 0 aliphatic carbocycles. The largest absolute Gasteiger partial charge is 0.480 e. The van der Waals surface area contributed by atoms with Crippen molar-refractivity contribution < 1.29 is 19.4 Å². The van der Waals surface area contributed by atoms with Gasteiger partial charge in [-0.1, -0.05) is 0 Å². The molecule has 1 N–H and O–H groups in total. The molecule has 2 aliphatic heterocycles. The van der Waals surface area contributed by atoms with Gasteiger partial charge in [0, 0.05) is 44.6 Å². The zero-order valence-corrected chi connectivity index (χ0v) is 12.8. The molecule has 2 fully saturated rings. The van der Waals surface area contributed by atoms with Crippen molar-refractivity contribution in [1.29, 1.82) is 0 Å². The van der Waals surface area contributed by atoms with Crippen molar-refractivity contribution >= 4 is 17.8 Å². The molecule has 3 heterocycles. The van der Waals surface area contributed by atoms with E-state index in [4.69, 9.17) is 4.74 Å². The molecule has 2 aliphatic rings. The van der Waals surface area contributed by atoms with Gasteiger partial charge in [0.15, 0.2) is 0 Å². The summed E-state index contributed by atoms with van der Waals surface area (Å²) >= 11 is 0. The highest BCUT2D eigenvalue weighted by atomic mass is 16.5. The van der Waals surface area contributed by atoms with Gasteiger partial charge in [0.05, 0.1) is 6.54 Å². The molecule has 23 heavy (non-hydrogen) atoms. The Bertz CT molecular complexity index is 562. The van der Waals surface area contributed by atoms with Crippen LogP contribution < -0.4 is 4.90 Å². The highest BCUT2D eigenvalue weighted by Crippen LogP contribution is 2.22. The lowest BCUT2D eigenvalue weighted by Gasteiger charge is -2.41. The van der Waals surface area contributed by atoms with E-state index in [1.807, 2.05) is 4.90 Å². The van der Waals surface area contributed by atoms with Gasteiger partial charge in [-0.25, -0.2) is 14.8 Å². The number of piperazine rings is 1. The Morgan fingerprint density at radius 1 is 1.17 bits per heavy atom. The highest BCUT2D eigenvalue weighted by molar-refractivity contribution is 5.86. The second kappa shape index (κ2) is 6.91. The number of aliphatic carboxylic acids is 1. The van der Waals surface area contributed by atoms with Gasteiger partial charge >= 0.3 is 5.97 Å². The topological polar surface area (TPSA) is 95.9 Å². The number of carbonyl (C=O) groups is 2. The van der Waals surface area contributed by atoms with Gasteiger partial charge in [-0.15, -0.1) is 0 Å². The molecule has 0 spiro atoms. The molecule has 0 bridgehead atoms. The molecule has 3 rings (SSSR count). The molecule has 1 aromatic rings. The summed E-state index contributed by atoms with van der Waals surface area (Å²) in [5.41, 5.74) is 0. The van der Waals surface area contributed by atoms with Crippen molar-refractivity contribution in [2.75, 3.05) is 37.7 Å². The molecule has 0 saturated carbocycles. The lowest BCUT2D eigenvalue weighted by Crippen LogP contribution is -2.60. The van der Waals surface area contributed by atoms with Crippen LogP contribution >= 0.6 is 0 Å². The molecule has 1 atom stereocenters.